The minimum atomic E-state index is -0.0946. The highest BCUT2D eigenvalue weighted by Gasteiger charge is 2.36. The minimum Gasteiger partial charge on any atom is -0.496 e. The highest BCUT2D eigenvalue weighted by molar-refractivity contribution is 5.91. The number of hydrogen-bond acceptors (Lipinski definition) is 4. The van der Waals surface area contributed by atoms with E-state index in [2.05, 4.69) is 16.0 Å². The van der Waals surface area contributed by atoms with E-state index < -0.39 is 0 Å². The molecule has 5 nitrogen and oxygen atoms in total. The first kappa shape index (κ1) is 15.5. The summed E-state index contributed by atoms with van der Waals surface area (Å²) in [5, 5.41) is 1.23. The van der Waals surface area contributed by atoms with Gasteiger partial charge < -0.3 is 14.5 Å². The smallest absolute Gasteiger partial charge is 0.305 e. The van der Waals surface area contributed by atoms with Crippen LogP contribution in [0.3, 0.4) is 0 Å². The number of ether oxygens (including phenoxy) is 2. The van der Waals surface area contributed by atoms with Crippen molar-refractivity contribution in [1.29, 1.82) is 0 Å². The topological polar surface area (TPSA) is 54.6 Å². The molecule has 0 radical (unpaired) electrons. The molecule has 128 valence electrons. The van der Waals surface area contributed by atoms with E-state index in [-0.39, 0.29) is 5.97 Å². The molecule has 1 saturated heterocycles. The fourth-order valence-electron chi connectivity index (χ4n) is 4.43. The van der Waals surface area contributed by atoms with Gasteiger partial charge in [-0.25, -0.2) is 0 Å². The number of rotatable bonds is 3. The number of nitrogens with zero attached hydrogens (tertiary/aromatic N) is 1. The van der Waals surface area contributed by atoms with E-state index in [1.165, 1.54) is 23.8 Å². The zero-order valence-electron chi connectivity index (χ0n) is 14.3. The molecule has 1 aromatic carbocycles. The van der Waals surface area contributed by atoms with Gasteiger partial charge in [0.05, 0.1) is 20.3 Å². The van der Waals surface area contributed by atoms with E-state index in [1.807, 2.05) is 12.1 Å². The van der Waals surface area contributed by atoms with Gasteiger partial charge in [-0.3, -0.25) is 9.69 Å². The minimum absolute atomic E-state index is 0.0946. The maximum Gasteiger partial charge on any atom is 0.305 e. The van der Waals surface area contributed by atoms with E-state index in [0.29, 0.717) is 18.4 Å². The van der Waals surface area contributed by atoms with E-state index >= 15 is 0 Å². The number of carbonyl (C=O) groups is 1. The van der Waals surface area contributed by atoms with Gasteiger partial charge in [0.25, 0.3) is 0 Å². The molecule has 2 aliphatic heterocycles. The quantitative estimate of drug-likeness (QED) is 0.880. The van der Waals surface area contributed by atoms with Crippen LogP contribution in [0.2, 0.25) is 0 Å². The largest absolute Gasteiger partial charge is 0.496 e. The Morgan fingerprint density at radius 2 is 2.21 bits per heavy atom. The molecular formula is C19H24N2O3. The zero-order chi connectivity index (χ0) is 16.7. The van der Waals surface area contributed by atoms with Gasteiger partial charge >= 0.3 is 5.97 Å². The molecule has 0 amide bonds. The fraction of sp³-hybridized carbons (Fsp3) is 0.526. The summed E-state index contributed by atoms with van der Waals surface area (Å²) in [5.41, 5.74) is 3.86. The van der Waals surface area contributed by atoms with Gasteiger partial charge in [-0.2, -0.15) is 0 Å². The molecule has 3 heterocycles. The second-order valence-corrected chi connectivity index (χ2v) is 6.87. The number of methoxy groups -OCH3 is 2. The van der Waals surface area contributed by atoms with Crippen LogP contribution in [-0.2, 0) is 16.0 Å². The van der Waals surface area contributed by atoms with Crippen molar-refractivity contribution in [2.75, 3.05) is 27.3 Å². The number of H-pyrrole nitrogens is 1. The van der Waals surface area contributed by atoms with Crippen LogP contribution < -0.4 is 4.74 Å². The first-order valence-electron chi connectivity index (χ1n) is 8.69. The van der Waals surface area contributed by atoms with Gasteiger partial charge in [0, 0.05) is 29.6 Å². The number of piperidine rings is 1. The average Bonchev–Trinajstić information content (AvgIpc) is 3.00. The highest BCUT2D eigenvalue weighted by atomic mass is 16.5. The van der Waals surface area contributed by atoms with Crippen LogP contribution in [0, 0.1) is 5.92 Å². The molecule has 0 saturated carbocycles. The van der Waals surface area contributed by atoms with Gasteiger partial charge in [-0.1, -0.05) is 6.07 Å². The van der Waals surface area contributed by atoms with E-state index in [0.717, 1.165) is 43.6 Å². The lowest BCUT2D eigenvalue weighted by Gasteiger charge is -2.42. The maximum atomic E-state index is 11.6. The highest BCUT2D eigenvalue weighted by Crippen LogP contribution is 2.43. The van der Waals surface area contributed by atoms with Crippen LogP contribution in [0.5, 0.6) is 5.75 Å². The van der Waals surface area contributed by atoms with Crippen LogP contribution in [0.4, 0.5) is 0 Å². The van der Waals surface area contributed by atoms with Gasteiger partial charge in [0.15, 0.2) is 0 Å². The van der Waals surface area contributed by atoms with E-state index in [1.54, 1.807) is 7.11 Å². The molecular weight excluding hydrogens is 304 g/mol. The van der Waals surface area contributed by atoms with E-state index in [4.69, 9.17) is 9.47 Å². The molecule has 24 heavy (non-hydrogen) atoms. The molecule has 2 atom stereocenters. The summed E-state index contributed by atoms with van der Waals surface area (Å²) in [7, 11) is 3.20. The number of nitrogens with one attached hydrogen (secondary N) is 1. The zero-order valence-corrected chi connectivity index (χ0v) is 14.3. The Morgan fingerprint density at radius 1 is 1.33 bits per heavy atom. The molecule has 4 rings (SSSR count). The van der Waals surface area contributed by atoms with Crippen molar-refractivity contribution in [3.05, 3.63) is 29.5 Å². The summed E-state index contributed by atoms with van der Waals surface area (Å²) in [6, 6.07) is 6.55. The predicted octanol–water partition coefficient (Wildman–Crippen LogP) is 3.05. The Kier molecular flexibility index (Phi) is 3.96. The molecule has 2 unspecified atom stereocenters. The van der Waals surface area contributed by atoms with Crippen molar-refractivity contribution in [2.24, 2.45) is 5.92 Å². The summed E-state index contributed by atoms with van der Waals surface area (Å²) >= 11 is 0. The number of benzene rings is 1. The van der Waals surface area contributed by atoms with Crippen LogP contribution in [0.25, 0.3) is 10.9 Å². The maximum absolute atomic E-state index is 11.6. The Hall–Kier alpha value is -2.01. The van der Waals surface area contributed by atoms with Gasteiger partial charge in [0.2, 0.25) is 0 Å². The number of aromatic amines is 1. The first-order valence-corrected chi connectivity index (χ1v) is 8.69. The lowest BCUT2D eigenvalue weighted by atomic mass is 9.83. The second-order valence-electron chi connectivity index (χ2n) is 6.87. The number of hydrogen-bond donors (Lipinski definition) is 1. The third kappa shape index (κ3) is 2.47. The molecule has 1 aromatic heterocycles. The van der Waals surface area contributed by atoms with Crippen molar-refractivity contribution in [2.45, 2.75) is 31.7 Å². The van der Waals surface area contributed by atoms with Crippen molar-refractivity contribution in [1.82, 2.24) is 9.88 Å². The van der Waals surface area contributed by atoms with Crippen LogP contribution >= 0.6 is 0 Å². The van der Waals surface area contributed by atoms with Crippen molar-refractivity contribution in [3.8, 4) is 5.75 Å². The molecule has 5 heteroatoms. The third-order valence-electron chi connectivity index (χ3n) is 5.63. The lowest BCUT2D eigenvalue weighted by molar-refractivity contribution is -0.142. The first-order chi connectivity index (χ1) is 11.7. The van der Waals surface area contributed by atoms with E-state index in [9.17, 15) is 4.79 Å². The molecule has 1 N–H and O–H groups in total. The SMILES string of the molecule is COC(=O)CC1CCN2CCc3c([nH]c4cccc(OC)c34)C2C1. The lowest BCUT2D eigenvalue weighted by Crippen LogP contribution is -2.41. The number of fused-ring (bicyclic) bond motifs is 5. The monoisotopic (exact) mass is 328 g/mol. The normalized spacial score (nSPS) is 23.6. The number of carbonyl (C=O) groups excluding carboxylic acids is 1. The molecule has 0 aliphatic carbocycles. The van der Waals surface area contributed by atoms with Gasteiger partial charge in [-0.15, -0.1) is 0 Å². The Balaban J connectivity index is 1.69. The summed E-state index contributed by atoms with van der Waals surface area (Å²) in [6.45, 7) is 2.13. The number of aromatic nitrogens is 1. The predicted molar refractivity (Wildman–Crippen MR) is 92.2 cm³/mol. The van der Waals surface area contributed by atoms with Crippen LogP contribution in [0.15, 0.2) is 18.2 Å². The molecule has 0 spiro atoms. The Bertz CT molecular complexity index is 767. The van der Waals surface area contributed by atoms with Gasteiger partial charge in [-0.05, 0) is 49.4 Å². The van der Waals surface area contributed by atoms with Crippen molar-refractivity contribution < 1.29 is 14.3 Å². The fourth-order valence-corrected chi connectivity index (χ4v) is 4.43. The third-order valence-corrected chi connectivity index (χ3v) is 5.63. The molecule has 0 bridgehead atoms. The van der Waals surface area contributed by atoms with Crippen molar-refractivity contribution >= 4 is 16.9 Å². The standard InChI is InChI=1S/C19H24N2O3/c1-23-16-5-3-4-14-18(16)13-7-9-21-8-6-12(11-17(22)24-2)10-15(21)19(13)20-14/h3-5,12,15,20H,6-11H2,1-2H3. The van der Waals surface area contributed by atoms with Crippen LogP contribution in [-0.4, -0.2) is 43.2 Å². The summed E-state index contributed by atoms with van der Waals surface area (Å²) in [6.07, 6.45) is 3.66. The Labute approximate surface area is 141 Å². The Morgan fingerprint density at radius 3 is 3.00 bits per heavy atom. The average molecular weight is 328 g/mol. The number of esters is 1. The summed E-state index contributed by atoms with van der Waals surface area (Å²) in [5.74, 6) is 1.25. The second kappa shape index (κ2) is 6.13. The molecule has 1 fully saturated rings. The summed E-state index contributed by atoms with van der Waals surface area (Å²) in [4.78, 5) is 17.8. The summed E-state index contributed by atoms with van der Waals surface area (Å²) < 4.78 is 10.4. The van der Waals surface area contributed by atoms with Crippen LogP contribution in [0.1, 0.15) is 36.6 Å². The molecule has 2 aliphatic rings. The molecule has 2 aromatic rings. The van der Waals surface area contributed by atoms with Gasteiger partial charge in [0.1, 0.15) is 5.75 Å². The van der Waals surface area contributed by atoms with Crippen molar-refractivity contribution in [3.63, 3.8) is 0 Å².